The molecule has 1 N–H and O–H groups in total. The van der Waals surface area contributed by atoms with Crippen LogP contribution in [0.5, 0.6) is 0 Å². The van der Waals surface area contributed by atoms with E-state index in [0.29, 0.717) is 6.04 Å². The fraction of sp³-hybridized carbons (Fsp3) is 0.545. The molecule has 2 nitrogen and oxygen atoms in total. The van der Waals surface area contributed by atoms with E-state index in [1.54, 1.807) is 6.20 Å². The Labute approximate surface area is 100 Å². The van der Waals surface area contributed by atoms with E-state index in [9.17, 15) is 0 Å². The summed E-state index contributed by atoms with van der Waals surface area (Å²) in [5.41, 5.74) is 1.29. The molecule has 0 bridgehead atoms. The number of hydrogen-bond donors (Lipinski definition) is 1. The third-order valence-electron chi connectivity index (χ3n) is 2.23. The lowest BCUT2D eigenvalue weighted by Crippen LogP contribution is -2.27. The van der Waals surface area contributed by atoms with Crippen LogP contribution in [0.3, 0.4) is 0 Å². The van der Waals surface area contributed by atoms with E-state index >= 15 is 0 Å². The molecule has 0 aliphatic carbocycles. The van der Waals surface area contributed by atoms with Gasteiger partial charge < -0.3 is 5.32 Å². The molecule has 1 heterocycles. The molecule has 0 aliphatic rings. The van der Waals surface area contributed by atoms with Gasteiger partial charge in [0.15, 0.2) is 0 Å². The van der Waals surface area contributed by atoms with Crippen LogP contribution in [0.2, 0.25) is 4.34 Å². The number of nitrogens with one attached hydrogen (secondary N) is 1. The quantitative estimate of drug-likeness (QED) is 0.856. The van der Waals surface area contributed by atoms with Crippen molar-refractivity contribution in [2.45, 2.75) is 33.2 Å². The fourth-order valence-corrected chi connectivity index (χ4v) is 2.12. The highest BCUT2D eigenvalue weighted by atomic mass is 35.5. The summed E-state index contributed by atoms with van der Waals surface area (Å²) in [6.45, 7) is 7.49. The van der Waals surface area contributed by atoms with Gasteiger partial charge in [-0.3, -0.25) is 0 Å². The van der Waals surface area contributed by atoms with Crippen LogP contribution in [-0.4, -0.2) is 17.6 Å². The maximum Gasteiger partial charge on any atom is 0.117 e. The Morgan fingerprint density at radius 3 is 3.00 bits per heavy atom. The van der Waals surface area contributed by atoms with E-state index in [4.69, 9.17) is 11.6 Å². The van der Waals surface area contributed by atoms with Crippen LogP contribution >= 0.6 is 22.9 Å². The molecular weight excluding hydrogens is 228 g/mol. The first-order valence-corrected chi connectivity index (χ1v) is 6.35. The molecule has 4 heteroatoms. The van der Waals surface area contributed by atoms with Gasteiger partial charge in [0.25, 0.3) is 0 Å². The number of thiazole rings is 1. The van der Waals surface area contributed by atoms with Crippen LogP contribution in [0.4, 0.5) is 0 Å². The van der Waals surface area contributed by atoms with E-state index in [1.807, 2.05) is 0 Å². The average Bonchev–Trinajstić information content (AvgIpc) is 2.60. The number of nitrogens with zero attached hydrogens (tertiary/aromatic N) is 1. The Balaban J connectivity index is 2.58. The van der Waals surface area contributed by atoms with E-state index in [-0.39, 0.29) is 0 Å². The molecule has 1 aromatic rings. The Kier molecular flexibility index (Phi) is 5.29. The normalized spacial score (nSPS) is 14.3. The molecule has 0 saturated carbocycles. The van der Waals surface area contributed by atoms with E-state index in [1.165, 1.54) is 16.9 Å². The van der Waals surface area contributed by atoms with Gasteiger partial charge in [-0.2, -0.15) is 0 Å². The summed E-state index contributed by atoms with van der Waals surface area (Å²) in [5.74, 6) is 0. The molecule has 0 spiro atoms. The van der Waals surface area contributed by atoms with Crippen molar-refractivity contribution in [1.29, 1.82) is 0 Å². The molecule has 0 saturated heterocycles. The van der Waals surface area contributed by atoms with Crippen molar-refractivity contribution in [3.8, 4) is 0 Å². The van der Waals surface area contributed by atoms with Gasteiger partial charge in [-0.15, -0.1) is 11.3 Å². The minimum Gasteiger partial charge on any atom is -0.311 e. The van der Waals surface area contributed by atoms with Crippen molar-refractivity contribution in [3.63, 3.8) is 0 Å². The van der Waals surface area contributed by atoms with Crippen molar-refractivity contribution in [3.05, 3.63) is 21.1 Å². The maximum atomic E-state index is 5.82. The second-order valence-electron chi connectivity index (χ2n) is 3.57. The van der Waals surface area contributed by atoms with Crippen LogP contribution in [0, 0.1) is 0 Å². The standard InChI is InChI=1S/C11H17ClN2S/c1-4-5-13-9(3)8(2)6-11-14-7-10(12)15-11/h6-7,9,13H,4-5H2,1-3H3/b8-6+. The lowest BCUT2D eigenvalue weighted by atomic mass is 10.1. The first kappa shape index (κ1) is 12.7. The Morgan fingerprint density at radius 2 is 2.47 bits per heavy atom. The van der Waals surface area contributed by atoms with Crippen LogP contribution in [0.15, 0.2) is 11.8 Å². The lowest BCUT2D eigenvalue weighted by Gasteiger charge is -2.13. The predicted octanol–water partition coefficient (Wildman–Crippen LogP) is 3.59. The summed E-state index contributed by atoms with van der Waals surface area (Å²) in [6.07, 6.45) is 4.93. The van der Waals surface area contributed by atoms with Crippen molar-refractivity contribution in [2.24, 2.45) is 0 Å². The van der Waals surface area contributed by atoms with Crippen molar-refractivity contribution in [2.75, 3.05) is 6.54 Å². The van der Waals surface area contributed by atoms with Gasteiger partial charge >= 0.3 is 0 Å². The minimum atomic E-state index is 0.396. The maximum absolute atomic E-state index is 5.82. The second kappa shape index (κ2) is 6.26. The monoisotopic (exact) mass is 244 g/mol. The highest BCUT2D eigenvalue weighted by molar-refractivity contribution is 7.16. The molecule has 0 radical (unpaired) electrons. The van der Waals surface area contributed by atoms with Crippen LogP contribution in [0.25, 0.3) is 6.08 Å². The van der Waals surface area contributed by atoms with Crippen molar-refractivity contribution in [1.82, 2.24) is 10.3 Å². The molecule has 1 rings (SSSR count). The average molecular weight is 245 g/mol. The van der Waals surface area contributed by atoms with Gasteiger partial charge in [-0.1, -0.05) is 24.1 Å². The summed E-state index contributed by atoms with van der Waals surface area (Å²) in [7, 11) is 0. The minimum absolute atomic E-state index is 0.396. The number of hydrogen-bond acceptors (Lipinski definition) is 3. The van der Waals surface area contributed by atoms with E-state index in [0.717, 1.165) is 22.3 Å². The van der Waals surface area contributed by atoms with Gasteiger partial charge in [0, 0.05) is 6.04 Å². The molecule has 0 aliphatic heterocycles. The highest BCUT2D eigenvalue weighted by Crippen LogP contribution is 2.21. The largest absolute Gasteiger partial charge is 0.311 e. The van der Waals surface area contributed by atoms with Crippen LogP contribution < -0.4 is 5.32 Å². The highest BCUT2D eigenvalue weighted by Gasteiger charge is 2.04. The molecule has 0 amide bonds. The van der Waals surface area contributed by atoms with Crippen molar-refractivity contribution >= 4 is 29.0 Å². The summed E-state index contributed by atoms with van der Waals surface area (Å²) in [5, 5.41) is 4.41. The van der Waals surface area contributed by atoms with Crippen LogP contribution in [0.1, 0.15) is 32.2 Å². The zero-order valence-electron chi connectivity index (χ0n) is 9.38. The summed E-state index contributed by atoms with van der Waals surface area (Å²) in [4.78, 5) is 4.20. The second-order valence-corrected chi connectivity index (χ2v) is 5.26. The summed E-state index contributed by atoms with van der Waals surface area (Å²) < 4.78 is 0.739. The number of rotatable bonds is 5. The zero-order valence-corrected chi connectivity index (χ0v) is 11.0. The first-order valence-electron chi connectivity index (χ1n) is 5.16. The van der Waals surface area contributed by atoms with Crippen LogP contribution in [-0.2, 0) is 0 Å². The van der Waals surface area contributed by atoms with Gasteiger partial charge in [-0.05, 0) is 32.9 Å². The first-order chi connectivity index (χ1) is 7.13. The molecular formula is C11H17ClN2S. The third-order valence-corrected chi connectivity index (χ3v) is 3.29. The summed E-state index contributed by atoms with van der Waals surface area (Å²) in [6, 6.07) is 0.396. The smallest absolute Gasteiger partial charge is 0.117 e. The molecule has 1 atom stereocenters. The van der Waals surface area contributed by atoms with Gasteiger partial charge in [0.1, 0.15) is 9.34 Å². The zero-order chi connectivity index (χ0) is 11.3. The molecule has 84 valence electrons. The fourth-order valence-electron chi connectivity index (χ4n) is 1.18. The molecule has 0 aromatic carbocycles. The third kappa shape index (κ3) is 4.33. The Hall–Kier alpha value is -0.380. The molecule has 15 heavy (non-hydrogen) atoms. The lowest BCUT2D eigenvalue weighted by molar-refractivity contribution is 0.604. The van der Waals surface area contributed by atoms with E-state index < -0.39 is 0 Å². The summed E-state index contributed by atoms with van der Waals surface area (Å²) >= 11 is 7.33. The van der Waals surface area contributed by atoms with Gasteiger partial charge in [0.05, 0.1) is 6.20 Å². The van der Waals surface area contributed by atoms with Crippen molar-refractivity contribution < 1.29 is 0 Å². The predicted molar refractivity (Wildman–Crippen MR) is 68.5 cm³/mol. The Bertz CT molecular complexity index is 333. The van der Waals surface area contributed by atoms with Gasteiger partial charge in [0.2, 0.25) is 0 Å². The SMILES string of the molecule is CCCNC(C)/C(C)=C/c1ncc(Cl)s1. The Morgan fingerprint density at radius 1 is 1.73 bits per heavy atom. The van der Waals surface area contributed by atoms with E-state index in [2.05, 4.69) is 37.1 Å². The molecule has 0 fully saturated rings. The van der Waals surface area contributed by atoms with Gasteiger partial charge in [-0.25, -0.2) is 4.98 Å². The molecule has 1 unspecified atom stereocenters. The molecule has 1 aromatic heterocycles. The number of halogens is 1. The topological polar surface area (TPSA) is 24.9 Å². The number of aromatic nitrogens is 1.